The molecule has 3 rings (SSSR count). The highest BCUT2D eigenvalue weighted by atomic mass is 35.5. The molecular formula is C20H18Cl2F3N7O2S. The molecule has 0 saturated heterocycles. The topological polar surface area (TPSA) is 135 Å². The largest absolute Gasteiger partial charge is 0.417 e. The SMILES string of the molecule is CC(NC(=O)c1ncnc(NCCN)c1Cl)c1ncc(C(=O)Nc2ccc(Cl)c(C(F)(F)F)c2)s1. The first-order valence-electron chi connectivity index (χ1n) is 9.90. The summed E-state index contributed by atoms with van der Waals surface area (Å²) in [6, 6.07) is 2.41. The fourth-order valence-corrected chi connectivity index (χ4v) is 4.06. The van der Waals surface area contributed by atoms with Gasteiger partial charge in [-0.25, -0.2) is 15.0 Å². The fraction of sp³-hybridized carbons (Fsp3) is 0.250. The third-order valence-corrected chi connectivity index (χ3v) is 6.30. The lowest BCUT2D eigenvalue weighted by Crippen LogP contribution is -2.28. The van der Waals surface area contributed by atoms with Crippen molar-refractivity contribution in [3.63, 3.8) is 0 Å². The highest BCUT2D eigenvalue weighted by Crippen LogP contribution is 2.36. The first kappa shape index (κ1) is 26.6. The van der Waals surface area contributed by atoms with Gasteiger partial charge in [0, 0.05) is 18.8 Å². The Morgan fingerprint density at radius 3 is 2.60 bits per heavy atom. The Kier molecular flexibility index (Phi) is 8.48. The molecule has 0 saturated carbocycles. The van der Waals surface area contributed by atoms with Crippen LogP contribution in [0.5, 0.6) is 0 Å². The van der Waals surface area contributed by atoms with Crippen molar-refractivity contribution in [2.75, 3.05) is 23.7 Å². The number of hydrogen-bond donors (Lipinski definition) is 4. The van der Waals surface area contributed by atoms with Crippen molar-refractivity contribution < 1.29 is 22.8 Å². The minimum atomic E-state index is -4.67. The second-order valence-electron chi connectivity index (χ2n) is 7.00. The van der Waals surface area contributed by atoms with Crippen molar-refractivity contribution in [3.05, 3.63) is 61.9 Å². The summed E-state index contributed by atoms with van der Waals surface area (Å²) in [6.07, 6.45) is -2.24. The minimum Gasteiger partial charge on any atom is -0.367 e. The molecule has 15 heteroatoms. The predicted molar refractivity (Wildman–Crippen MR) is 127 cm³/mol. The molecule has 3 aromatic rings. The van der Waals surface area contributed by atoms with Crippen LogP contribution >= 0.6 is 34.5 Å². The number of halogens is 5. The normalized spacial score (nSPS) is 12.2. The van der Waals surface area contributed by atoms with Crippen molar-refractivity contribution in [1.29, 1.82) is 0 Å². The average molecular weight is 548 g/mol. The van der Waals surface area contributed by atoms with Crippen LogP contribution in [0, 0.1) is 0 Å². The Morgan fingerprint density at radius 2 is 1.91 bits per heavy atom. The number of nitrogens with zero attached hydrogens (tertiary/aromatic N) is 3. The molecule has 1 aromatic carbocycles. The molecule has 1 unspecified atom stereocenters. The minimum absolute atomic E-state index is 0.0195. The number of aromatic nitrogens is 3. The van der Waals surface area contributed by atoms with Gasteiger partial charge in [-0.2, -0.15) is 13.2 Å². The summed E-state index contributed by atoms with van der Waals surface area (Å²) >= 11 is 12.8. The molecular weight excluding hydrogens is 530 g/mol. The van der Waals surface area contributed by atoms with Gasteiger partial charge in [-0.05, 0) is 25.1 Å². The van der Waals surface area contributed by atoms with E-state index in [1.54, 1.807) is 6.92 Å². The average Bonchev–Trinajstić information content (AvgIpc) is 3.29. The molecule has 2 aromatic heterocycles. The Hall–Kier alpha value is -3.00. The summed E-state index contributed by atoms with van der Waals surface area (Å²) in [5, 5.41) is 7.86. The Balaban J connectivity index is 1.69. The Labute approximate surface area is 211 Å². The highest BCUT2D eigenvalue weighted by Gasteiger charge is 2.33. The quantitative estimate of drug-likeness (QED) is 0.328. The van der Waals surface area contributed by atoms with E-state index in [2.05, 4.69) is 30.9 Å². The number of nitrogens with two attached hydrogens (primary N) is 1. The first-order chi connectivity index (χ1) is 16.5. The molecule has 0 radical (unpaired) electrons. The van der Waals surface area contributed by atoms with Gasteiger partial charge < -0.3 is 21.7 Å². The van der Waals surface area contributed by atoms with E-state index < -0.39 is 34.6 Å². The fourth-order valence-electron chi connectivity index (χ4n) is 2.77. The molecule has 0 fully saturated rings. The van der Waals surface area contributed by atoms with Crippen molar-refractivity contribution >= 4 is 57.9 Å². The third kappa shape index (κ3) is 6.57. The Bertz CT molecular complexity index is 1240. The number of anilines is 2. The van der Waals surface area contributed by atoms with Crippen LogP contribution in [0.3, 0.4) is 0 Å². The van der Waals surface area contributed by atoms with Gasteiger partial charge in [-0.1, -0.05) is 23.2 Å². The lowest BCUT2D eigenvalue weighted by atomic mass is 10.2. The van der Waals surface area contributed by atoms with Gasteiger partial charge in [0.05, 0.1) is 22.8 Å². The van der Waals surface area contributed by atoms with E-state index in [4.69, 9.17) is 28.9 Å². The van der Waals surface area contributed by atoms with E-state index in [1.807, 2.05) is 0 Å². The summed E-state index contributed by atoms with van der Waals surface area (Å²) in [4.78, 5) is 37.3. The number of carbonyl (C=O) groups excluding carboxylic acids is 2. The van der Waals surface area contributed by atoms with E-state index >= 15 is 0 Å². The van der Waals surface area contributed by atoms with Crippen LogP contribution < -0.4 is 21.7 Å². The van der Waals surface area contributed by atoms with Crippen LogP contribution in [0.25, 0.3) is 0 Å². The molecule has 1 atom stereocenters. The van der Waals surface area contributed by atoms with Crippen molar-refractivity contribution in [2.45, 2.75) is 19.1 Å². The number of hydrogen-bond acceptors (Lipinski definition) is 8. The summed E-state index contributed by atoms with van der Waals surface area (Å²) in [6.45, 7) is 2.36. The zero-order chi connectivity index (χ0) is 25.8. The Morgan fingerprint density at radius 1 is 1.17 bits per heavy atom. The number of carbonyl (C=O) groups is 2. The maximum Gasteiger partial charge on any atom is 0.417 e. The maximum atomic E-state index is 13.0. The van der Waals surface area contributed by atoms with Gasteiger partial charge >= 0.3 is 6.18 Å². The predicted octanol–water partition coefficient (Wildman–Crippen LogP) is 4.37. The van der Waals surface area contributed by atoms with Gasteiger partial charge in [0.25, 0.3) is 11.8 Å². The van der Waals surface area contributed by atoms with Crippen molar-refractivity contribution in [2.24, 2.45) is 5.73 Å². The maximum absolute atomic E-state index is 13.0. The number of benzene rings is 1. The van der Waals surface area contributed by atoms with Crippen LogP contribution in [0.1, 0.15) is 43.7 Å². The van der Waals surface area contributed by atoms with Gasteiger partial charge in [0.15, 0.2) is 5.69 Å². The first-order valence-corrected chi connectivity index (χ1v) is 11.5. The molecule has 9 nitrogen and oxygen atoms in total. The number of rotatable bonds is 8. The molecule has 186 valence electrons. The highest BCUT2D eigenvalue weighted by molar-refractivity contribution is 7.13. The summed E-state index contributed by atoms with van der Waals surface area (Å²) in [7, 11) is 0. The second kappa shape index (κ2) is 11.2. The summed E-state index contributed by atoms with van der Waals surface area (Å²) in [5.41, 5.74) is 4.22. The van der Waals surface area contributed by atoms with E-state index in [0.29, 0.717) is 18.1 Å². The number of amides is 2. The summed E-state index contributed by atoms with van der Waals surface area (Å²) in [5.74, 6) is -1.01. The van der Waals surface area contributed by atoms with E-state index in [0.717, 1.165) is 23.5 Å². The van der Waals surface area contributed by atoms with E-state index in [-0.39, 0.29) is 27.1 Å². The lowest BCUT2D eigenvalue weighted by molar-refractivity contribution is -0.137. The number of thiazole rings is 1. The van der Waals surface area contributed by atoms with Gasteiger partial charge in [-0.3, -0.25) is 9.59 Å². The molecule has 0 bridgehead atoms. The van der Waals surface area contributed by atoms with Crippen LogP contribution in [0.2, 0.25) is 10.0 Å². The van der Waals surface area contributed by atoms with Crippen molar-refractivity contribution in [3.8, 4) is 0 Å². The molecule has 2 amide bonds. The molecule has 2 heterocycles. The molecule has 0 aliphatic carbocycles. The van der Waals surface area contributed by atoms with Gasteiger partial charge in [-0.15, -0.1) is 11.3 Å². The van der Waals surface area contributed by atoms with Gasteiger partial charge in [0.2, 0.25) is 0 Å². The zero-order valence-electron chi connectivity index (χ0n) is 17.9. The molecule has 0 spiro atoms. The van der Waals surface area contributed by atoms with E-state index in [1.165, 1.54) is 18.6 Å². The zero-order valence-corrected chi connectivity index (χ0v) is 20.2. The molecule has 0 aliphatic heterocycles. The summed E-state index contributed by atoms with van der Waals surface area (Å²) < 4.78 is 39.1. The number of alkyl halides is 3. The smallest absolute Gasteiger partial charge is 0.367 e. The number of nitrogens with one attached hydrogen (secondary N) is 3. The standard InChI is InChI=1S/C20H18Cl2F3N7O2S/c1-9(31-18(34)15-14(22)16(27-5-4-26)30-8-29-15)19-28-7-13(35-19)17(33)32-10-2-3-12(21)11(6-10)20(23,24)25/h2-3,6-9H,4-5,26H2,1H3,(H,31,34)(H,32,33)(H,27,29,30). The van der Waals surface area contributed by atoms with E-state index in [9.17, 15) is 22.8 Å². The van der Waals surface area contributed by atoms with Crippen LogP contribution in [-0.4, -0.2) is 39.9 Å². The second-order valence-corrected chi connectivity index (χ2v) is 8.85. The monoisotopic (exact) mass is 547 g/mol. The third-order valence-electron chi connectivity index (χ3n) is 4.44. The molecule has 35 heavy (non-hydrogen) atoms. The van der Waals surface area contributed by atoms with Crippen LogP contribution in [-0.2, 0) is 6.18 Å². The van der Waals surface area contributed by atoms with Gasteiger partial charge in [0.1, 0.15) is 27.1 Å². The van der Waals surface area contributed by atoms with Crippen molar-refractivity contribution in [1.82, 2.24) is 20.3 Å². The molecule has 0 aliphatic rings. The van der Waals surface area contributed by atoms with Crippen LogP contribution in [0.4, 0.5) is 24.7 Å². The molecule has 5 N–H and O–H groups in total. The van der Waals surface area contributed by atoms with Crippen LogP contribution in [0.15, 0.2) is 30.7 Å². The lowest BCUT2D eigenvalue weighted by Gasteiger charge is -2.13.